The fourth-order valence-corrected chi connectivity index (χ4v) is 9.84. The number of amides is 1. The van der Waals surface area contributed by atoms with Crippen molar-refractivity contribution in [2.75, 3.05) is 54.8 Å². The van der Waals surface area contributed by atoms with Crippen molar-refractivity contribution in [1.29, 1.82) is 0 Å². The molecule has 332 valence electrons. The molecule has 2 fully saturated rings. The normalized spacial score (nSPS) is 17.5. The van der Waals surface area contributed by atoms with Crippen LogP contribution in [0.3, 0.4) is 0 Å². The minimum absolute atomic E-state index is 0.123. The summed E-state index contributed by atoms with van der Waals surface area (Å²) in [7, 11) is 7.11. The van der Waals surface area contributed by atoms with Gasteiger partial charge in [-0.1, -0.05) is 0 Å². The van der Waals surface area contributed by atoms with Crippen LogP contribution in [0.5, 0.6) is 0 Å². The first-order valence-corrected chi connectivity index (χ1v) is 22.8. The summed E-state index contributed by atoms with van der Waals surface area (Å²) in [6.07, 6.45) is 13.0. The van der Waals surface area contributed by atoms with E-state index in [-0.39, 0.29) is 18.0 Å². The van der Waals surface area contributed by atoms with E-state index in [0.29, 0.717) is 61.8 Å². The maximum atomic E-state index is 12.4. The predicted octanol–water partition coefficient (Wildman–Crippen LogP) is 5.40. The third-order valence-corrected chi connectivity index (χ3v) is 13.2. The molecule has 0 saturated carbocycles. The molecule has 8 aromatic rings. The number of carbonyl (C=O) groups is 1. The standard InChI is InChI=1S/C42H48N16O4S2/c1-43-39(59)24-15-33(64-22-24)51-41-49-30-5-10-56(28-18-45-54(3)20-28)35(30)37(52-41)48-26-9-14-62-34(16-26)58(27-17-32(63-23-27)40(60)44-2)42-50-31-6-11-57(29-19-46-55(4)21-29)36(31)38(53-42)47-25-7-12-61-13-8-25/h5-6,10-11,15,17-23,25-26,34,40,44,60H,7-9,12-14,16H2,1-4H3,(H,43,59)(H,47,50,53)(H2,48,49,51,52). The Balaban J connectivity index is 1.03. The van der Waals surface area contributed by atoms with Crippen LogP contribution in [0.25, 0.3) is 33.4 Å². The highest BCUT2D eigenvalue weighted by Crippen LogP contribution is 2.39. The van der Waals surface area contributed by atoms with E-state index in [0.717, 1.165) is 61.8 Å². The summed E-state index contributed by atoms with van der Waals surface area (Å²) in [5, 5.41) is 40.8. The molecule has 2 aliphatic heterocycles. The van der Waals surface area contributed by atoms with Crippen molar-refractivity contribution in [3.05, 3.63) is 82.6 Å². The van der Waals surface area contributed by atoms with Gasteiger partial charge in [0.1, 0.15) is 23.5 Å². The monoisotopic (exact) mass is 904 g/mol. The summed E-state index contributed by atoms with van der Waals surface area (Å²) in [6.45, 7) is 1.77. The van der Waals surface area contributed by atoms with Gasteiger partial charge >= 0.3 is 0 Å². The molecule has 2 aliphatic rings. The summed E-state index contributed by atoms with van der Waals surface area (Å²) in [6, 6.07) is 7.71. The number of thiophene rings is 2. The van der Waals surface area contributed by atoms with Gasteiger partial charge in [-0.25, -0.2) is 9.97 Å². The largest absolute Gasteiger partial charge is 0.381 e. The number of aliphatic hydroxyl groups excluding tert-OH is 1. The Labute approximate surface area is 375 Å². The number of aliphatic hydroxyl groups is 1. The Morgan fingerprint density at radius 3 is 2.19 bits per heavy atom. The molecule has 6 N–H and O–H groups in total. The zero-order chi connectivity index (χ0) is 43.9. The number of rotatable bonds is 14. The van der Waals surface area contributed by atoms with E-state index in [4.69, 9.17) is 29.4 Å². The molecule has 3 atom stereocenters. The quantitative estimate of drug-likeness (QED) is 0.0754. The van der Waals surface area contributed by atoms with E-state index >= 15 is 0 Å². The van der Waals surface area contributed by atoms with E-state index < -0.39 is 12.5 Å². The second kappa shape index (κ2) is 17.6. The maximum absolute atomic E-state index is 12.4. The number of hydrogen-bond donors (Lipinski definition) is 6. The molecule has 0 bridgehead atoms. The molecule has 20 nitrogen and oxygen atoms in total. The van der Waals surface area contributed by atoms with Crippen LogP contribution in [0.15, 0.2) is 72.2 Å². The number of aromatic nitrogens is 10. The van der Waals surface area contributed by atoms with Gasteiger partial charge in [0.2, 0.25) is 11.9 Å². The molecule has 0 spiro atoms. The number of nitrogens with zero attached hydrogens (tertiary/aromatic N) is 11. The second-order valence-electron chi connectivity index (χ2n) is 15.7. The second-order valence-corrected chi connectivity index (χ2v) is 17.6. The summed E-state index contributed by atoms with van der Waals surface area (Å²) in [5.41, 5.74) is 6.18. The number of carbonyl (C=O) groups excluding carboxylic acids is 1. The van der Waals surface area contributed by atoms with Gasteiger partial charge in [0.15, 0.2) is 11.6 Å². The number of fused-ring (bicyclic) bond motifs is 2. The fourth-order valence-electron chi connectivity index (χ4n) is 8.19. The van der Waals surface area contributed by atoms with E-state index in [9.17, 15) is 9.90 Å². The zero-order valence-electron chi connectivity index (χ0n) is 35.6. The molecule has 22 heteroatoms. The topological polar surface area (TPSA) is 216 Å². The van der Waals surface area contributed by atoms with Gasteiger partial charge in [-0.3, -0.25) is 24.4 Å². The van der Waals surface area contributed by atoms with Crippen molar-refractivity contribution in [3.63, 3.8) is 0 Å². The van der Waals surface area contributed by atoms with E-state index in [1.807, 2.05) is 78.1 Å². The minimum atomic E-state index is -0.853. The van der Waals surface area contributed by atoms with Gasteiger partial charge in [-0.05, 0) is 50.6 Å². The Kier molecular flexibility index (Phi) is 11.4. The van der Waals surface area contributed by atoms with Crippen LogP contribution in [-0.2, 0) is 23.6 Å². The molecule has 64 heavy (non-hydrogen) atoms. The number of hydrogen-bond acceptors (Lipinski definition) is 17. The van der Waals surface area contributed by atoms with Crippen LogP contribution in [-0.4, -0.2) is 112 Å². The molecule has 10 heterocycles. The van der Waals surface area contributed by atoms with Crippen molar-refractivity contribution in [3.8, 4) is 11.4 Å². The maximum Gasteiger partial charge on any atom is 0.251 e. The van der Waals surface area contributed by atoms with Crippen LogP contribution < -0.4 is 31.5 Å². The third-order valence-electron chi connectivity index (χ3n) is 11.4. The zero-order valence-corrected chi connectivity index (χ0v) is 37.2. The van der Waals surface area contributed by atoms with Crippen LogP contribution in [0.4, 0.5) is 34.2 Å². The van der Waals surface area contributed by atoms with Crippen LogP contribution in [0, 0.1) is 0 Å². The molecule has 3 unspecified atom stereocenters. The SMILES string of the molecule is CNC(=O)c1csc(Nc2nc(NC3CCOC(N(c4csc(C(O)NC)c4)c4nc(NC5CCOCC5)c5c(ccn5-c5cnn(C)c5)n4)C3)c3c(ccn3-c3cnn(C)c3)n2)c1. The summed E-state index contributed by atoms with van der Waals surface area (Å²) in [5.74, 6) is 1.97. The molecule has 0 radical (unpaired) electrons. The van der Waals surface area contributed by atoms with Crippen molar-refractivity contribution >= 4 is 84.9 Å². The first-order valence-electron chi connectivity index (χ1n) is 21.0. The minimum Gasteiger partial charge on any atom is -0.381 e. The number of ether oxygens (including phenoxy) is 2. The highest BCUT2D eigenvalue weighted by atomic mass is 32.1. The van der Waals surface area contributed by atoms with Gasteiger partial charge in [-0.15, -0.1) is 22.7 Å². The van der Waals surface area contributed by atoms with E-state index in [2.05, 4.69) is 41.3 Å². The molecule has 10 rings (SSSR count). The molecular weight excluding hydrogens is 857 g/mol. The Hall–Kier alpha value is -6.43. The van der Waals surface area contributed by atoms with Crippen molar-refractivity contribution in [2.45, 2.75) is 50.2 Å². The Morgan fingerprint density at radius 1 is 0.844 bits per heavy atom. The van der Waals surface area contributed by atoms with Crippen molar-refractivity contribution < 1.29 is 19.4 Å². The van der Waals surface area contributed by atoms with Crippen molar-refractivity contribution in [1.82, 2.24) is 59.3 Å². The number of aryl methyl sites for hydroxylation is 2. The van der Waals surface area contributed by atoms with Crippen molar-refractivity contribution in [2.24, 2.45) is 14.1 Å². The molecular formula is C42H48N16O4S2. The highest BCUT2D eigenvalue weighted by Gasteiger charge is 2.34. The lowest BCUT2D eigenvalue weighted by Crippen LogP contribution is -2.44. The first-order chi connectivity index (χ1) is 31.2. The lowest BCUT2D eigenvalue weighted by molar-refractivity contribution is 0.0149. The average molecular weight is 905 g/mol. The molecule has 0 aromatic carbocycles. The van der Waals surface area contributed by atoms with E-state index in [1.165, 1.54) is 22.7 Å². The first kappa shape index (κ1) is 41.6. The van der Waals surface area contributed by atoms with Gasteiger partial charge in [-0.2, -0.15) is 20.2 Å². The lowest BCUT2D eigenvalue weighted by Gasteiger charge is -2.37. The molecule has 1 amide bonds. The van der Waals surface area contributed by atoms with Crippen LogP contribution >= 0.6 is 22.7 Å². The van der Waals surface area contributed by atoms with Gasteiger partial charge in [0.05, 0.1) is 57.7 Å². The summed E-state index contributed by atoms with van der Waals surface area (Å²) < 4.78 is 20.0. The van der Waals surface area contributed by atoms with Gasteiger partial charge in [0, 0.05) is 93.3 Å². The van der Waals surface area contributed by atoms with E-state index in [1.54, 1.807) is 41.1 Å². The third kappa shape index (κ3) is 8.26. The summed E-state index contributed by atoms with van der Waals surface area (Å²) in [4.78, 5) is 35.6. The smallest absolute Gasteiger partial charge is 0.251 e. The Bertz CT molecular complexity index is 2930. The number of nitrogens with one attached hydrogen (secondary N) is 5. The van der Waals surface area contributed by atoms with Gasteiger partial charge < -0.3 is 45.0 Å². The van der Waals surface area contributed by atoms with Gasteiger partial charge in [0.25, 0.3) is 5.91 Å². The Morgan fingerprint density at radius 2 is 1.52 bits per heavy atom. The van der Waals surface area contributed by atoms with Crippen LogP contribution in [0.1, 0.15) is 47.1 Å². The fraction of sp³-hybridized carbons (Fsp3) is 0.357. The molecule has 2 saturated heterocycles. The highest BCUT2D eigenvalue weighted by molar-refractivity contribution is 7.14. The number of anilines is 6. The van der Waals surface area contributed by atoms with Crippen LogP contribution in [0.2, 0.25) is 0 Å². The average Bonchev–Trinajstić information content (AvgIpc) is 4.17. The lowest BCUT2D eigenvalue weighted by atomic mass is 10.1. The summed E-state index contributed by atoms with van der Waals surface area (Å²) >= 11 is 2.84. The predicted molar refractivity (Wildman–Crippen MR) is 247 cm³/mol. The molecule has 0 aliphatic carbocycles. The molecule has 8 aromatic heterocycles.